The average molecular weight is 226 g/mol. The van der Waals surface area contributed by atoms with Crippen molar-refractivity contribution < 1.29 is 19.6 Å². The summed E-state index contributed by atoms with van der Waals surface area (Å²) in [7, 11) is 0. The number of aromatic nitrogens is 1. The van der Waals surface area contributed by atoms with Crippen molar-refractivity contribution in [1.82, 2.24) is 4.98 Å². The maximum atomic E-state index is 10.7. The Morgan fingerprint density at radius 2 is 2.19 bits per heavy atom. The third-order valence-corrected chi connectivity index (χ3v) is 1.81. The highest BCUT2D eigenvalue weighted by Gasteiger charge is 2.29. The van der Waals surface area contributed by atoms with Crippen molar-refractivity contribution in [3.63, 3.8) is 0 Å². The van der Waals surface area contributed by atoms with Crippen molar-refractivity contribution in [2.24, 2.45) is 0 Å². The molecule has 0 saturated carbocycles. The third-order valence-electron chi connectivity index (χ3n) is 1.81. The molecule has 0 aliphatic rings. The zero-order valence-electron chi connectivity index (χ0n) is 8.71. The molecule has 0 aliphatic carbocycles. The number of pyridine rings is 1. The summed E-state index contributed by atoms with van der Waals surface area (Å²) in [4.78, 5) is 24.1. The van der Waals surface area contributed by atoms with Crippen LogP contribution in [-0.2, 0) is 4.79 Å². The summed E-state index contributed by atoms with van der Waals surface area (Å²) < 4.78 is 5.06. The first-order valence-corrected chi connectivity index (χ1v) is 4.36. The van der Waals surface area contributed by atoms with Gasteiger partial charge in [0.15, 0.2) is 0 Å². The Hall–Kier alpha value is -2.18. The standard InChI is InChI=1S/C9H10N2O5/c1-9(2,8(12)13)16-7-4-3-6(5-10-7)11(14)15/h3-5H,1-2H3,(H,12,13). The molecule has 86 valence electrons. The summed E-state index contributed by atoms with van der Waals surface area (Å²) in [6.07, 6.45) is 1.01. The van der Waals surface area contributed by atoms with Gasteiger partial charge >= 0.3 is 5.97 Å². The van der Waals surface area contributed by atoms with Gasteiger partial charge in [0, 0.05) is 12.1 Å². The number of nitro groups is 1. The summed E-state index contributed by atoms with van der Waals surface area (Å²) in [6.45, 7) is 2.72. The number of hydrogen-bond donors (Lipinski definition) is 1. The lowest BCUT2D eigenvalue weighted by Crippen LogP contribution is -2.38. The lowest BCUT2D eigenvalue weighted by Gasteiger charge is -2.20. The van der Waals surface area contributed by atoms with E-state index in [-0.39, 0.29) is 11.6 Å². The maximum absolute atomic E-state index is 10.7. The summed E-state index contributed by atoms with van der Waals surface area (Å²) >= 11 is 0. The van der Waals surface area contributed by atoms with Crippen LogP contribution in [0, 0.1) is 10.1 Å². The zero-order valence-corrected chi connectivity index (χ0v) is 8.71. The van der Waals surface area contributed by atoms with Crippen molar-refractivity contribution in [3.8, 4) is 5.88 Å². The summed E-state index contributed by atoms with van der Waals surface area (Å²) in [5.41, 5.74) is -1.61. The molecule has 7 nitrogen and oxygen atoms in total. The molecule has 7 heteroatoms. The lowest BCUT2D eigenvalue weighted by atomic mass is 10.1. The SMILES string of the molecule is CC(C)(Oc1ccc([N+](=O)[O-])cn1)C(=O)O. The van der Waals surface area contributed by atoms with E-state index < -0.39 is 16.5 Å². The number of hydrogen-bond acceptors (Lipinski definition) is 5. The molecule has 0 aromatic carbocycles. The molecule has 0 unspecified atom stereocenters. The largest absolute Gasteiger partial charge is 0.478 e. The highest BCUT2D eigenvalue weighted by Crippen LogP contribution is 2.18. The first-order valence-electron chi connectivity index (χ1n) is 4.36. The highest BCUT2D eigenvalue weighted by atomic mass is 16.6. The van der Waals surface area contributed by atoms with E-state index >= 15 is 0 Å². The molecule has 16 heavy (non-hydrogen) atoms. The Balaban J connectivity index is 2.84. The monoisotopic (exact) mass is 226 g/mol. The van der Waals surface area contributed by atoms with Crippen LogP contribution in [0.15, 0.2) is 18.3 Å². The fourth-order valence-electron chi connectivity index (χ4n) is 0.846. The predicted molar refractivity (Wildman–Crippen MR) is 53.2 cm³/mol. The zero-order chi connectivity index (χ0) is 12.3. The molecular formula is C9H10N2O5. The molecule has 1 rings (SSSR count). The number of carboxylic acid groups (broad SMARTS) is 1. The molecule has 0 fully saturated rings. The van der Waals surface area contributed by atoms with Crippen LogP contribution in [0.5, 0.6) is 5.88 Å². The number of rotatable bonds is 4. The van der Waals surface area contributed by atoms with Gasteiger partial charge in [0.1, 0.15) is 6.20 Å². The van der Waals surface area contributed by atoms with Gasteiger partial charge in [0.25, 0.3) is 5.69 Å². The van der Waals surface area contributed by atoms with E-state index in [1.807, 2.05) is 0 Å². The molecule has 0 radical (unpaired) electrons. The van der Waals surface area contributed by atoms with Gasteiger partial charge in [-0.3, -0.25) is 10.1 Å². The smallest absolute Gasteiger partial charge is 0.347 e. The predicted octanol–water partition coefficient (Wildman–Crippen LogP) is 1.23. The Morgan fingerprint density at radius 1 is 1.56 bits per heavy atom. The van der Waals surface area contributed by atoms with Gasteiger partial charge in [-0.1, -0.05) is 0 Å². The van der Waals surface area contributed by atoms with E-state index in [4.69, 9.17) is 9.84 Å². The summed E-state index contributed by atoms with van der Waals surface area (Å²) in [6, 6.07) is 2.45. The Labute approximate surface area is 90.8 Å². The fourth-order valence-corrected chi connectivity index (χ4v) is 0.846. The molecule has 1 aromatic heterocycles. The number of carboxylic acids is 1. The van der Waals surface area contributed by atoms with Crippen LogP contribution in [0.2, 0.25) is 0 Å². The van der Waals surface area contributed by atoms with Crippen LogP contribution >= 0.6 is 0 Å². The minimum absolute atomic E-state index is 0.0259. The lowest BCUT2D eigenvalue weighted by molar-refractivity contribution is -0.385. The van der Waals surface area contributed by atoms with E-state index in [2.05, 4.69) is 4.98 Å². The van der Waals surface area contributed by atoms with Gasteiger partial charge in [0.2, 0.25) is 11.5 Å². The van der Waals surface area contributed by atoms with Crippen molar-refractivity contribution in [3.05, 3.63) is 28.4 Å². The second-order valence-corrected chi connectivity index (χ2v) is 3.53. The second-order valence-electron chi connectivity index (χ2n) is 3.53. The van der Waals surface area contributed by atoms with Crippen molar-refractivity contribution in [2.75, 3.05) is 0 Å². The molecule has 0 spiro atoms. The van der Waals surface area contributed by atoms with Gasteiger partial charge in [-0.2, -0.15) is 0 Å². The van der Waals surface area contributed by atoms with Crippen molar-refractivity contribution in [2.45, 2.75) is 19.4 Å². The first-order chi connectivity index (χ1) is 7.33. The van der Waals surface area contributed by atoms with Gasteiger partial charge < -0.3 is 9.84 Å². The van der Waals surface area contributed by atoms with Crippen LogP contribution in [0.25, 0.3) is 0 Å². The van der Waals surface area contributed by atoms with Crippen LogP contribution in [0.4, 0.5) is 5.69 Å². The van der Waals surface area contributed by atoms with Crippen LogP contribution in [-0.4, -0.2) is 26.6 Å². The topological polar surface area (TPSA) is 103 Å². The van der Waals surface area contributed by atoms with E-state index in [9.17, 15) is 14.9 Å². The second kappa shape index (κ2) is 4.13. The third kappa shape index (κ3) is 2.66. The van der Waals surface area contributed by atoms with Gasteiger partial charge in [-0.05, 0) is 13.8 Å². The molecule has 1 heterocycles. The van der Waals surface area contributed by atoms with E-state index in [1.165, 1.54) is 26.0 Å². The van der Waals surface area contributed by atoms with Crippen molar-refractivity contribution >= 4 is 11.7 Å². The van der Waals surface area contributed by atoms with Crippen LogP contribution < -0.4 is 4.74 Å². The van der Waals surface area contributed by atoms with E-state index in [0.717, 1.165) is 6.20 Å². The molecule has 0 saturated heterocycles. The minimum atomic E-state index is -1.43. The summed E-state index contributed by atoms with van der Waals surface area (Å²) in [5.74, 6) is -1.12. The quantitative estimate of drug-likeness (QED) is 0.611. The van der Waals surface area contributed by atoms with E-state index in [1.54, 1.807) is 0 Å². The molecular weight excluding hydrogens is 216 g/mol. The average Bonchev–Trinajstić information content (AvgIpc) is 2.17. The minimum Gasteiger partial charge on any atom is -0.478 e. The molecule has 0 amide bonds. The number of ether oxygens (including phenoxy) is 1. The van der Waals surface area contributed by atoms with Crippen LogP contribution in [0.3, 0.4) is 0 Å². The molecule has 0 atom stereocenters. The molecule has 0 aliphatic heterocycles. The van der Waals surface area contributed by atoms with Crippen LogP contribution in [0.1, 0.15) is 13.8 Å². The Kier molecular flexibility index (Phi) is 3.07. The number of nitrogens with zero attached hydrogens (tertiary/aromatic N) is 2. The van der Waals surface area contributed by atoms with Crippen molar-refractivity contribution in [1.29, 1.82) is 0 Å². The van der Waals surface area contributed by atoms with Gasteiger partial charge in [-0.25, -0.2) is 9.78 Å². The van der Waals surface area contributed by atoms with Gasteiger partial charge in [0.05, 0.1) is 4.92 Å². The first kappa shape index (κ1) is 11.9. The Morgan fingerprint density at radius 3 is 2.56 bits per heavy atom. The molecule has 0 bridgehead atoms. The Bertz CT molecular complexity index is 412. The fraction of sp³-hybridized carbons (Fsp3) is 0.333. The molecule has 1 aromatic rings. The number of carbonyl (C=O) groups is 1. The molecule has 1 N–H and O–H groups in total. The normalized spacial score (nSPS) is 10.9. The maximum Gasteiger partial charge on any atom is 0.347 e. The van der Waals surface area contributed by atoms with Gasteiger partial charge in [-0.15, -0.1) is 0 Å². The number of aliphatic carboxylic acids is 1. The highest BCUT2D eigenvalue weighted by molar-refractivity contribution is 5.76. The van der Waals surface area contributed by atoms with E-state index in [0.29, 0.717) is 0 Å². The summed E-state index contributed by atoms with van der Waals surface area (Å²) in [5, 5.41) is 19.1.